The Hall–Kier alpha value is -4.19. The molecular weight excluding hydrogens is 454 g/mol. The molecule has 1 heterocycles. The van der Waals surface area contributed by atoms with Gasteiger partial charge in [-0.05, 0) is 69.2 Å². The zero-order valence-corrected chi connectivity index (χ0v) is 21.1. The van der Waals surface area contributed by atoms with Gasteiger partial charge in [0.15, 0.2) is 0 Å². The Morgan fingerprint density at radius 2 is 1.58 bits per heavy atom. The van der Waals surface area contributed by atoms with E-state index in [4.69, 9.17) is 18.6 Å². The van der Waals surface area contributed by atoms with Crippen molar-refractivity contribution in [3.8, 4) is 28.4 Å². The second-order valence-electron chi connectivity index (χ2n) is 8.13. The van der Waals surface area contributed by atoms with E-state index in [0.717, 1.165) is 33.4 Å². The first-order chi connectivity index (χ1) is 17.5. The Balaban J connectivity index is 1.68. The van der Waals surface area contributed by atoms with E-state index in [9.17, 15) is 4.79 Å². The molecule has 3 aromatic carbocycles. The zero-order valence-electron chi connectivity index (χ0n) is 21.1. The fourth-order valence-electron chi connectivity index (χ4n) is 4.05. The predicted octanol–water partition coefficient (Wildman–Crippen LogP) is 7.34. The molecule has 0 radical (unpaired) electrons. The summed E-state index contributed by atoms with van der Waals surface area (Å²) in [4.78, 5) is 12.9. The molecule has 0 saturated carbocycles. The Morgan fingerprint density at radius 3 is 2.31 bits per heavy atom. The summed E-state index contributed by atoms with van der Waals surface area (Å²) in [7, 11) is 0. The molecule has 0 aliphatic rings. The van der Waals surface area contributed by atoms with Crippen molar-refractivity contribution in [1.29, 1.82) is 0 Å². The van der Waals surface area contributed by atoms with Crippen LogP contribution in [0.3, 0.4) is 0 Å². The molecule has 0 aliphatic heterocycles. The van der Waals surface area contributed by atoms with Crippen LogP contribution in [-0.2, 0) is 4.79 Å². The third kappa shape index (κ3) is 5.54. The van der Waals surface area contributed by atoms with E-state index < -0.39 is 0 Å². The molecule has 0 spiro atoms. The maximum absolute atomic E-state index is 12.9. The van der Waals surface area contributed by atoms with Gasteiger partial charge in [0.2, 0.25) is 5.91 Å². The van der Waals surface area contributed by atoms with Gasteiger partial charge in [-0.2, -0.15) is 0 Å². The van der Waals surface area contributed by atoms with Crippen LogP contribution in [0, 0.1) is 0 Å². The number of allylic oxidation sites excluding steroid dienone is 1. The summed E-state index contributed by atoms with van der Waals surface area (Å²) in [6.07, 6.45) is 3.32. The van der Waals surface area contributed by atoms with Crippen molar-refractivity contribution in [3.63, 3.8) is 0 Å². The van der Waals surface area contributed by atoms with Gasteiger partial charge >= 0.3 is 0 Å². The van der Waals surface area contributed by atoms with E-state index >= 15 is 0 Å². The number of anilines is 1. The van der Waals surface area contributed by atoms with Crippen LogP contribution in [0.1, 0.15) is 33.3 Å². The Kier molecular flexibility index (Phi) is 7.95. The maximum atomic E-state index is 12.9. The number of nitrogens with one attached hydrogen (secondary N) is 1. The number of carbonyl (C=O) groups is 1. The van der Waals surface area contributed by atoms with Crippen molar-refractivity contribution in [2.75, 3.05) is 25.1 Å². The molecule has 6 nitrogen and oxygen atoms in total. The summed E-state index contributed by atoms with van der Waals surface area (Å²) in [5.41, 5.74) is 4.91. The lowest BCUT2D eigenvalue weighted by atomic mass is 9.99. The molecule has 0 unspecified atom stereocenters. The van der Waals surface area contributed by atoms with Gasteiger partial charge in [-0.15, -0.1) is 0 Å². The fraction of sp³-hybridized carbons (Fsp3) is 0.233. The third-order valence-electron chi connectivity index (χ3n) is 5.67. The van der Waals surface area contributed by atoms with Crippen LogP contribution < -0.4 is 19.5 Å². The molecule has 1 N–H and O–H groups in total. The van der Waals surface area contributed by atoms with Gasteiger partial charge in [0.05, 0.1) is 31.8 Å². The highest BCUT2D eigenvalue weighted by molar-refractivity contribution is 6.06. The molecule has 0 fully saturated rings. The Morgan fingerprint density at radius 1 is 0.889 bits per heavy atom. The molecule has 186 valence electrons. The van der Waals surface area contributed by atoms with E-state index in [1.807, 2.05) is 88.4 Å². The van der Waals surface area contributed by atoms with Crippen LogP contribution in [0.25, 0.3) is 27.7 Å². The number of benzene rings is 3. The number of amides is 1. The predicted molar refractivity (Wildman–Crippen MR) is 144 cm³/mol. The molecule has 1 aromatic heterocycles. The zero-order chi connectivity index (χ0) is 25.5. The van der Waals surface area contributed by atoms with E-state index in [-0.39, 0.29) is 5.91 Å². The molecule has 0 saturated heterocycles. The minimum Gasteiger partial charge on any atom is -0.494 e. The minimum atomic E-state index is -0.249. The van der Waals surface area contributed by atoms with Crippen molar-refractivity contribution in [2.24, 2.45) is 0 Å². The van der Waals surface area contributed by atoms with E-state index in [1.165, 1.54) is 0 Å². The van der Waals surface area contributed by atoms with Crippen molar-refractivity contribution in [1.82, 2.24) is 0 Å². The second kappa shape index (κ2) is 11.5. The molecule has 36 heavy (non-hydrogen) atoms. The van der Waals surface area contributed by atoms with Crippen LogP contribution >= 0.6 is 0 Å². The van der Waals surface area contributed by atoms with Gasteiger partial charge in [-0.1, -0.05) is 24.3 Å². The topological polar surface area (TPSA) is 69.9 Å². The first-order valence-electron chi connectivity index (χ1n) is 12.2. The number of furan rings is 1. The first-order valence-corrected chi connectivity index (χ1v) is 12.2. The number of rotatable bonds is 10. The molecule has 0 aliphatic carbocycles. The summed E-state index contributed by atoms with van der Waals surface area (Å²) >= 11 is 0. The van der Waals surface area contributed by atoms with Crippen LogP contribution in [-0.4, -0.2) is 25.7 Å². The number of hydrogen-bond acceptors (Lipinski definition) is 5. The van der Waals surface area contributed by atoms with Crippen molar-refractivity contribution in [3.05, 3.63) is 78.6 Å². The number of ether oxygens (including phenoxy) is 3. The van der Waals surface area contributed by atoms with E-state index in [0.29, 0.717) is 42.6 Å². The molecule has 0 atom stereocenters. The quantitative estimate of drug-likeness (QED) is 0.238. The lowest BCUT2D eigenvalue weighted by molar-refractivity contribution is -0.111. The van der Waals surface area contributed by atoms with Gasteiger partial charge in [0, 0.05) is 28.7 Å². The average molecular weight is 486 g/mol. The largest absolute Gasteiger partial charge is 0.494 e. The lowest BCUT2D eigenvalue weighted by Crippen LogP contribution is -2.10. The molecule has 1 amide bonds. The third-order valence-corrected chi connectivity index (χ3v) is 5.67. The molecule has 4 aromatic rings. The molecular formula is C30H31NO5. The van der Waals surface area contributed by atoms with Crippen LogP contribution in [0.15, 0.2) is 77.4 Å². The smallest absolute Gasteiger partial charge is 0.248 e. The Bertz CT molecular complexity index is 1370. The van der Waals surface area contributed by atoms with Gasteiger partial charge in [-0.25, -0.2) is 0 Å². The monoisotopic (exact) mass is 485 g/mol. The second-order valence-corrected chi connectivity index (χ2v) is 8.13. The highest BCUT2D eigenvalue weighted by Gasteiger charge is 2.16. The summed E-state index contributed by atoms with van der Waals surface area (Å²) in [6.45, 7) is 9.32. The number of carbonyl (C=O) groups excluding carboxylic acids is 1. The molecule has 0 bridgehead atoms. The van der Waals surface area contributed by atoms with Crippen LogP contribution in [0.5, 0.6) is 17.2 Å². The number of para-hydroxylation sites is 2. The summed E-state index contributed by atoms with van der Waals surface area (Å²) < 4.78 is 23.0. The summed E-state index contributed by atoms with van der Waals surface area (Å²) in [5, 5.41) is 3.86. The van der Waals surface area contributed by atoms with Crippen molar-refractivity contribution in [2.45, 2.75) is 27.7 Å². The maximum Gasteiger partial charge on any atom is 0.248 e. The van der Waals surface area contributed by atoms with E-state index in [1.54, 1.807) is 12.3 Å². The Labute approximate surface area is 211 Å². The summed E-state index contributed by atoms with van der Waals surface area (Å²) in [5.74, 6) is 1.87. The van der Waals surface area contributed by atoms with E-state index in [2.05, 4.69) is 5.32 Å². The SMILES string of the molecule is CCOc1ccc(-c2coc3cc(OCC)c(/C(C)=C/C(=O)Nc4ccccc4OCC)cc23)cc1. The average Bonchev–Trinajstić information content (AvgIpc) is 3.28. The summed E-state index contributed by atoms with van der Waals surface area (Å²) in [6, 6.07) is 19.2. The fourth-order valence-corrected chi connectivity index (χ4v) is 4.05. The number of fused-ring (bicyclic) bond motifs is 1. The van der Waals surface area contributed by atoms with Crippen molar-refractivity contribution >= 4 is 28.1 Å². The van der Waals surface area contributed by atoms with Gasteiger partial charge < -0.3 is 23.9 Å². The van der Waals surface area contributed by atoms with Gasteiger partial charge in [-0.3, -0.25) is 4.79 Å². The van der Waals surface area contributed by atoms with Gasteiger partial charge in [0.1, 0.15) is 22.8 Å². The normalized spacial score (nSPS) is 11.4. The lowest BCUT2D eigenvalue weighted by Gasteiger charge is -2.13. The molecule has 6 heteroatoms. The number of hydrogen-bond donors (Lipinski definition) is 1. The minimum absolute atomic E-state index is 0.249. The first kappa shape index (κ1) is 24.9. The highest BCUT2D eigenvalue weighted by Crippen LogP contribution is 2.38. The highest BCUT2D eigenvalue weighted by atomic mass is 16.5. The van der Waals surface area contributed by atoms with Gasteiger partial charge in [0.25, 0.3) is 0 Å². The standard InChI is InChI=1S/C30H31NO5/c1-5-33-22-14-12-21(13-15-22)25-19-36-29-18-28(35-7-3)23(17-24(25)29)20(4)16-30(32)31-26-10-8-9-11-27(26)34-6-2/h8-19H,5-7H2,1-4H3,(H,31,32)/b20-16+. The molecule has 4 rings (SSSR count). The van der Waals surface area contributed by atoms with Crippen LogP contribution in [0.4, 0.5) is 5.69 Å². The van der Waals surface area contributed by atoms with Crippen molar-refractivity contribution < 1.29 is 23.4 Å². The van der Waals surface area contributed by atoms with Crippen LogP contribution in [0.2, 0.25) is 0 Å².